The van der Waals surface area contributed by atoms with Crippen molar-refractivity contribution in [2.45, 2.75) is 25.8 Å². The van der Waals surface area contributed by atoms with Crippen LogP contribution in [-0.2, 0) is 0 Å². The summed E-state index contributed by atoms with van der Waals surface area (Å²) < 4.78 is 30.8. The number of nitrogens with zero attached hydrogens (tertiary/aromatic N) is 1. The third kappa shape index (κ3) is 4.09. The molecule has 154 valence electrons. The van der Waals surface area contributed by atoms with E-state index in [0.717, 1.165) is 24.9 Å². The molecule has 2 heterocycles. The number of rotatable bonds is 4. The van der Waals surface area contributed by atoms with E-state index in [2.05, 4.69) is 5.32 Å². The summed E-state index contributed by atoms with van der Waals surface area (Å²) in [5.74, 6) is 1.05. The fraction of sp³-hybridized carbons (Fsp3) is 0.409. The van der Waals surface area contributed by atoms with Crippen LogP contribution >= 0.6 is 0 Å². The summed E-state index contributed by atoms with van der Waals surface area (Å²) in [7, 11) is 1.53. The Labute approximate surface area is 169 Å². The standard InChI is InChI=1S/C22H25FN2O4/c1-14-5-6-17(23)18(10-14)25-7-3-4-16(13-25)24-22(26)15-11-19(27-2)21-20(12-15)28-8-9-29-21/h5-6,10-12,16H,3-4,7-9,13H2,1-2H3,(H,24,26). The molecule has 7 heteroatoms. The van der Waals surface area contributed by atoms with E-state index in [0.29, 0.717) is 48.3 Å². The highest BCUT2D eigenvalue weighted by molar-refractivity contribution is 5.96. The van der Waals surface area contributed by atoms with Crippen LogP contribution in [-0.4, -0.2) is 45.4 Å². The summed E-state index contributed by atoms with van der Waals surface area (Å²) in [6, 6.07) is 8.36. The maximum Gasteiger partial charge on any atom is 0.251 e. The van der Waals surface area contributed by atoms with Crippen LogP contribution in [0.4, 0.5) is 10.1 Å². The summed E-state index contributed by atoms with van der Waals surface area (Å²) in [5.41, 5.74) is 2.05. The molecule has 4 rings (SSSR count). The van der Waals surface area contributed by atoms with Gasteiger partial charge in [-0.05, 0) is 49.6 Å². The Morgan fingerprint density at radius 2 is 2.07 bits per heavy atom. The number of nitrogens with one attached hydrogen (secondary N) is 1. The Kier molecular flexibility index (Phi) is 5.47. The predicted octanol–water partition coefficient (Wildman–Crippen LogP) is 3.31. The van der Waals surface area contributed by atoms with Gasteiger partial charge in [-0.15, -0.1) is 0 Å². The highest BCUT2D eigenvalue weighted by Crippen LogP contribution is 2.40. The van der Waals surface area contributed by atoms with Gasteiger partial charge < -0.3 is 24.4 Å². The van der Waals surface area contributed by atoms with Gasteiger partial charge in [0.15, 0.2) is 11.5 Å². The summed E-state index contributed by atoms with van der Waals surface area (Å²) in [6.45, 7) is 4.16. The minimum absolute atomic E-state index is 0.0737. The van der Waals surface area contributed by atoms with Gasteiger partial charge in [-0.2, -0.15) is 0 Å². The average Bonchev–Trinajstić information content (AvgIpc) is 2.74. The first kappa shape index (κ1) is 19.4. The monoisotopic (exact) mass is 400 g/mol. The topological polar surface area (TPSA) is 60.0 Å². The van der Waals surface area contributed by atoms with Crippen molar-refractivity contribution in [3.05, 3.63) is 47.3 Å². The average molecular weight is 400 g/mol. The van der Waals surface area contributed by atoms with E-state index in [4.69, 9.17) is 14.2 Å². The lowest BCUT2D eigenvalue weighted by atomic mass is 10.0. The molecule has 0 saturated carbocycles. The zero-order valence-corrected chi connectivity index (χ0v) is 16.7. The van der Waals surface area contributed by atoms with Crippen molar-refractivity contribution in [2.75, 3.05) is 38.3 Å². The van der Waals surface area contributed by atoms with Gasteiger partial charge in [0.1, 0.15) is 19.0 Å². The Bertz CT molecular complexity index is 901. The van der Waals surface area contributed by atoms with Crippen LogP contribution < -0.4 is 24.4 Å². The van der Waals surface area contributed by atoms with E-state index < -0.39 is 0 Å². The van der Waals surface area contributed by atoms with Crippen LogP contribution in [0.2, 0.25) is 0 Å². The highest BCUT2D eigenvalue weighted by Gasteiger charge is 2.26. The van der Waals surface area contributed by atoms with E-state index in [1.807, 2.05) is 17.9 Å². The normalized spacial score (nSPS) is 18.3. The molecular weight excluding hydrogens is 375 g/mol. The minimum atomic E-state index is -0.237. The Balaban J connectivity index is 1.49. The molecule has 0 aromatic heterocycles. The van der Waals surface area contributed by atoms with Gasteiger partial charge in [-0.1, -0.05) is 6.07 Å². The van der Waals surface area contributed by atoms with Gasteiger partial charge in [0.05, 0.1) is 12.8 Å². The van der Waals surface area contributed by atoms with E-state index in [1.165, 1.54) is 13.2 Å². The number of methoxy groups -OCH3 is 1. The molecule has 2 aliphatic rings. The van der Waals surface area contributed by atoms with Crippen LogP contribution in [0.25, 0.3) is 0 Å². The molecule has 1 amide bonds. The zero-order chi connectivity index (χ0) is 20.4. The van der Waals surface area contributed by atoms with Crippen molar-refractivity contribution in [3.8, 4) is 17.2 Å². The maximum atomic E-state index is 14.3. The molecule has 1 N–H and O–H groups in total. The number of carbonyl (C=O) groups excluding carboxylic acids is 1. The zero-order valence-electron chi connectivity index (χ0n) is 16.7. The summed E-state index contributed by atoms with van der Waals surface area (Å²) >= 11 is 0. The number of amides is 1. The summed E-state index contributed by atoms with van der Waals surface area (Å²) in [6.07, 6.45) is 1.72. The van der Waals surface area contributed by atoms with Gasteiger partial charge in [0.25, 0.3) is 5.91 Å². The van der Waals surface area contributed by atoms with Gasteiger partial charge >= 0.3 is 0 Å². The minimum Gasteiger partial charge on any atom is -0.493 e. The molecule has 1 fully saturated rings. The highest BCUT2D eigenvalue weighted by atomic mass is 19.1. The molecular formula is C22H25FN2O4. The lowest BCUT2D eigenvalue weighted by molar-refractivity contribution is 0.0931. The first-order valence-electron chi connectivity index (χ1n) is 9.85. The first-order chi connectivity index (χ1) is 14.0. The number of ether oxygens (including phenoxy) is 3. The lowest BCUT2D eigenvalue weighted by Gasteiger charge is -2.35. The number of piperidine rings is 1. The molecule has 2 aromatic carbocycles. The maximum absolute atomic E-state index is 14.3. The van der Waals surface area contributed by atoms with E-state index in [-0.39, 0.29) is 17.8 Å². The predicted molar refractivity (Wildman–Crippen MR) is 108 cm³/mol. The van der Waals surface area contributed by atoms with Crippen LogP contribution in [0.5, 0.6) is 17.2 Å². The van der Waals surface area contributed by atoms with Crippen LogP contribution in [0.1, 0.15) is 28.8 Å². The van der Waals surface area contributed by atoms with Crippen molar-refractivity contribution in [2.24, 2.45) is 0 Å². The van der Waals surface area contributed by atoms with Crippen molar-refractivity contribution < 1.29 is 23.4 Å². The smallest absolute Gasteiger partial charge is 0.251 e. The fourth-order valence-electron chi connectivity index (χ4n) is 3.85. The summed E-state index contributed by atoms with van der Waals surface area (Å²) in [5, 5.41) is 3.07. The lowest BCUT2D eigenvalue weighted by Crippen LogP contribution is -2.48. The van der Waals surface area contributed by atoms with Crippen molar-refractivity contribution in [1.82, 2.24) is 5.32 Å². The second-order valence-corrected chi connectivity index (χ2v) is 7.42. The number of aryl methyl sites for hydroxylation is 1. The molecule has 29 heavy (non-hydrogen) atoms. The molecule has 6 nitrogen and oxygen atoms in total. The summed E-state index contributed by atoms with van der Waals surface area (Å²) in [4.78, 5) is 14.9. The third-order valence-corrected chi connectivity index (χ3v) is 5.29. The van der Waals surface area contributed by atoms with Gasteiger partial charge in [-0.25, -0.2) is 4.39 Å². The van der Waals surface area contributed by atoms with E-state index in [1.54, 1.807) is 18.2 Å². The molecule has 1 atom stereocenters. The van der Waals surface area contributed by atoms with Gasteiger partial charge in [0.2, 0.25) is 5.75 Å². The Morgan fingerprint density at radius 1 is 1.24 bits per heavy atom. The van der Waals surface area contributed by atoms with Gasteiger partial charge in [0, 0.05) is 24.7 Å². The number of hydrogen-bond donors (Lipinski definition) is 1. The van der Waals surface area contributed by atoms with E-state index in [9.17, 15) is 9.18 Å². The second-order valence-electron chi connectivity index (χ2n) is 7.42. The van der Waals surface area contributed by atoms with Crippen molar-refractivity contribution >= 4 is 11.6 Å². The molecule has 0 spiro atoms. The molecule has 0 radical (unpaired) electrons. The quantitative estimate of drug-likeness (QED) is 0.853. The fourth-order valence-corrected chi connectivity index (χ4v) is 3.85. The van der Waals surface area contributed by atoms with Crippen LogP contribution in [0, 0.1) is 12.7 Å². The number of anilines is 1. The number of halogens is 1. The molecule has 0 bridgehead atoms. The molecule has 1 unspecified atom stereocenters. The van der Waals surface area contributed by atoms with Gasteiger partial charge in [-0.3, -0.25) is 4.79 Å². The number of benzene rings is 2. The second kappa shape index (κ2) is 8.19. The molecule has 2 aliphatic heterocycles. The third-order valence-electron chi connectivity index (χ3n) is 5.29. The number of fused-ring (bicyclic) bond motifs is 1. The van der Waals surface area contributed by atoms with Crippen LogP contribution in [0.15, 0.2) is 30.3 Å². The van der Waals surface area contributed by atoms with Crippen molar-refractivity contribution in [1.29, 1.82) is 0 Å². The first-order valence-corrected chi connectivity index (χ1v) is 9.85. The SMILES string of the molecule is COc1cc(C(=O)NC2CCCN(c3cc(C)ccc3F)C2)cc2c1OCCO2. The number of hydrogen-bond acceptors (Lipinski definition) is 5. The Morgan fingerprint density at radius 3 is 2.90 bits per heavy atom. The van der Waals surface area contributed by atoms with Crippen molar-refractivity contribution in [3.63, 3.8) is 0 Å². The molecule has 2 aromatic rings. The molecule has 1 saturated heterocycles. The van der Waals surface area contributed by atoms with Crippen LogP contribution in [0.3, 0.4) is 0 Å². The number of carbonyl (C=O) groups is 1. The Hall–Kier alpha value is -2.96. The van der Waals surface area contributed by atoms with E-state index >= 15 is 0 Å². The largest absolute Gasteiger partial charge is 0.493 e. The molecule has 0 aliphatic carbocycles.